The van der Waals surface area contributed by atoms with Crippen molar-refractivity contribution < 1.29 is 14.1 Å². The van der Waals surface area contributed by atoms with Gasteiger partial charge >= 0.3 is 0 Å². The number of carbonyl (C=O) groups excluding carboxylic acids is 1. The van der Waals surface area contributed by atoms with Gasteiger partial charge in [0.25, 0.3) is 5.89 Å². The minimum Gasteiger partial charge on any atom is -0.489 e. The van der Waals surface area contributed by atoms with Crippen molar-refractivity contribution in [2.75, 3.05) is 25.4 Å². The lowest BCUT2D eigenvalue weighted by Crippen LogP contribution is -2.30. The molecule has 1 atom stereocenters. The predicted octanol–water partition coefficient (Wildman–Crippen LogP) is 3.19. The van der Waals surface area contributed by atoms with E-state index in [1.807, 2.05) is 43.0 Å². The van der Waals surface area contributed by atoms with Crippen molar-refractivity contribution in [3.05, 3.63) is 47.5 Å². The summed E-state index contributed by atoms with van der Waals surface area (Å²) >= 11 is 0. The van der Waals surface area contributed by atoms with Gasteiger partial charge in [-0.25, -0.2) is 0 Å². The summed E-state index contributed by atoms with van der Waals surface area (Å²) in [5.41, 5.74) is 10.8. The molecule has 3 aromatic rings. The summed E-state index contributed by atoms with van der Waals surface area (Å²) in [4.78, 5) is 18.5. The van der Waals surface area contributed by atoms with Crippen molar-refractivity contribution in [1.29, 1.82) is 0 Å². The quantitative estimate of drug-likeness (QED) is 0.435. The third kappa shape index (κ3) is 4.05. The van der Waals surface area contributed by atoms with Gasteiger partial charge in [-0.15, -0.1) is 0 Å². The van der Waals surface area contributed by atoms with E-state index in [9.17, 15) is 4.79 Å². The number of carbonyl (C=O) groups is 1. The highest BCUT2D eigenvalue weighted by molar-refractivity contribution is 5.80. The largest absolute Gasteiger partial charge is 0.489 e. The number of nitrogens with zero attached hydrogens (tertiary/aromatic N) is 3. The number of nitrogens with two attached hydrogens (primary N) is 1. The van der Waals surface area contributed by atoms with Gasteiger partial charge in [0.2, 0.25) is 11.7 Å². The molecule has 1 amide bonds. The molecule has 2 aliphatic rings. The molecule has 3 N–H and O–H groups in total. The summed E-state index contributed by atoms with van der Waals surface area (Å²) in [6.45, 7) is 6.05. The van der Waals surface area contributed by atoms with Crippen LogP contribution < -0.4 is 15.8 Å². The maximum absolute atomic E-state index is 12.0. The Balaban J connectivity index is 1.36. The molecule has 0 unspecified atom stereocenters. The van der Waals surface area contributed by atoms with E-state index in [0.29, 0.717) is 29.7 Å². The van der Waals surface area contributed by atoms with Crippen molar-refractivity contribution in [2.24, 2.45) is 0 Å². The summed E-state index contributed by atoms with van der Waals surface area (Å²) in [5.74, 6) is 1.78. The summed E-state index contributed by atoms with van der Waals surface area (Å²) in [6.07, 6.45) is 1.89. The number of amides is 1. The first-order valence-corrected chi connectivity index (χ1v) is 11.0. The average molecular weight is 434 g/mol. The van der Waals surface area contributed by atoms with Crippen molar-refractivity contribution in [3.63, 3.8) is 0 Å². The monoisotopic (exact) mass is 433 g/mol. The highest BCUT2D eigenvalue weighted by Crippen LogP contribution is 2.37. The number of fused-ring (bicyclic) bond motifs is 1. The Bertz CT molecular complexity index is 1150. The molecule has 8 nitrogen and oxygen atoms in total. The third-order valence-corrected chi connectivity index (χ3v) is 5.86. The fraction of sp³-hybridized carbons (Fsp3) is 0.375. The Labute approximate surface area is 186 Å². The van der Waals surface area contributed by atoms with E-state index in [-0.39, 0.29) is 18.1 Å². The van der Waals surface area contributed by atoms with Crippen LogP contribution in [0, 0.1) is 0 Å². The van der Waals surface area contributed by atoms with Crippen LogP contribution in [0.2, 0.25) is 0 Å². The molecule has 5 rings (SSSR count). The standard InChI is InChI=1S/C24H27N5O3/c1-14(2)31-21-9-6-15(12-19(21)25)24-27-23(28-32-24)18-5-3-4-17-16(18)7-8-20(17)26-13-22(30)29-10-11-29/h3-6,9,12,14,20,26H,7-8,10-11,13,25H2,1-2H3/t20-/m1/s1. The number of rotatable bonds is 7. The molecule has 8 heteroatoms. The van der Waals surface area contributed by atoms with E-state index in [4.69, 9.17) is 15.0 Å². The number of anilines is 1. The average Bonchev–Trinajstić information content (AvgIpc) is 3.37. The van der Waals surface area contributed by atoms with Crippen molar-refractivity contribution in [3.8, 4) is 28.6 Å². The molecule has 1 saturated heterocycles. The normalized spacial score (nSPS) is 17.0. The van der Waals surface area contributed by atoms with Crippen LogP contribution in [-0.4, -0.2) is 46.7 Å². The van der Waals surface area contributed by atoms with Crippen LogP contribution in [0.4, 0.5) is 5.69 Å². The van der Waals surface area contributed by atoms with E-state index in [0.717, 1.165) is 37.1 Å². The molecule has 0 bridgehead atoms. The van der Waals surface area contributed by atoms with Crippen molar-refractivity contribution in [2.45, 2.75) is 38.8 Å². The van der Waals surface area contributed by atoms with E-state index in [1.165, 1.54) is 11.1 Å². The van der Waals surface area contributed by atoms with Gasteiger partial charge in [0, 0.05) is 30.3 Å². The molecular weight excluding hydrogens is 406 g/mol. The molecule has 1 fully saturated rings. The smallest absolute Gasteiger partial charge is 0.258 e. The number of aromatic nitrogens is 2. The molecule has 166 valence electrons. The highest BCUT2D eigenvalue weighted by atomic mass is 16.5. The molecule has 1 aliphatic carbocycles. The lowest BCUT2D eigenvalue weighted by molar-refractivity contribution is -0.124. The fourth-order valence-electron chi connectivity index (χ4n) is 4.19. The highest BCUT2D eigenvalue weighted by Gasteiger charge is 2.29. The van der Waals surface area contributed by atoms with Gasteiger partial charge in [0.15, 0.2) is 0 Å². The Morgan fingerprint density at radius 1 is 1.31 bits per heavy atom. The second-order valence-electron chi connectivity index (χ2n) is 8.57. The Morgan fingerprint density at radius 2 is 2.16 bits per heavy atom. The van der Waals surface area contributed by atoms with Crippen LogP contribution in [-0.2, 0) is 11.2 Å². The van der Waals surface area contributed by atoms with Crippen molar-refractivity contribution in [1.82, 2.24) is 20.4 Å². The Kier molecular flexibility index (Phi) is 5.30. The molecule has 1 aromatic heterocycles. The van der Waals surface area contributed by atoms with Crippen LogP contribution in [0.15, 0.2) is 40.9 Å². The second-order valence-corrected chi connectivity index (χ2v) is 8.57. The molecule has 0 saturated carbocycles. The zero-order valence-corrected chi connectivity index (χ0v) is 18.3. The lowest BCUT2D eigenvalue weighted by Gasteiger charge is -2.14. The number of hydrogen-bond acceptors (Lipinski definition) is 7. The molecule has 32 heavy (non-hydrogen) atoms. The zero-order chi connectivity index (χ0) is 22.2. The molecule has 2 aromatic carbocycles. The molecule has 0 radical (unpaired) electrons. The van der Waals surface area contributed by atoms with E-state index in [1.54, 1.807) is 6.07 Å². The zero-order valence-electron chi connectivity index (χ0n) is 18.3. The molecule has 2 heterocycles. The first-order chi connectivity index (χ1) is 15.5. The lowest BCUT2D eigenvalue weighted by atomic mass is 10.0. The van der Waals surface area contributed by atoms with Crippen LogP contribution in [0.1, 0.15) is 37.4 Å². The maximum atomic E-state index is 12.0. The van der Waals surface area contributed by atoms with Gasteiger partial charge in [0.1, 0.15) is 5.75 Å². The number of ether oxygens (including phenoxy) is 1. The number of benzene rings is 2. The SMILES string of the molecule is CC(C)Oc1ccc(-c2nc(-c3cccc4c3CC[C@H]4NCC(=O)N3CC3)no2)cc1N. The predicted molar refractivity (Wildman–Crippen MR) is 121 cm³/mol. The Hall–Kier alpha value is -3.39. The Morgan fingerprint density at radius 3 is 2.91 bits per heavy atom. The fourth-order valence-corrected chi connectivity index (χ4v) is 4.19. The first kappa shape index (κ1) is 20.5. The summed E-state index contributed by atoms with van der Waals surface area (Å²) in [6, 6.07) is 11.8. The third-order valence-electron chi connectivity index (χ3n) is 5.86. The van der Waals surface area contributed by atoms with E-state index in [2.05, 4.69) is 21.5 Å². The van der Waals surface area contributed by atoms with Gasteiger partial charge < -0.3 is 25.2 Å². The summed E-state index contributed by atoms with van der Waals surface area (Å²) < 4.78 is 11.3. The van der Waals surface area contributed by atoms with Crippen LogP contribution >= 0.6 is 0 Å². The van der Waals surface area contributed by atoms with Crippen LogP contribution in [0.3, 0.4) is 0 Å². The maximum Gasteiger partial charge on any atom is 0.258 e. The number of nitrogens with one attached hydrogen (secondary N) is 1. The topological polar surface area (TPSA) is 106 Å². The number of hydrogen-bond donors (Lipinski definition) is 2. The van der Waals surface area contributed by atoms with Crippen LogP contribution in [0.5, 0.6) is 5.75 Å². The summed E-state index contributed by atoms with van der Waals surface area (Å²) in [5, 5.41) is 7.64. The second kappa shape index (κ2) is 8.27. The molecular formula is C24H27N5O3. The van der Waals surface area contributed by atoms with E-state index < -0.39 is 0 Å². The van der Waals surface area contributed by atoms with Gasteiger partial charge in [-0.1, -0.05) is 23.4 Å². The minimum absolute atomic E-state index is 0.0426. The van der Waals surface area contributed by atoms with Gasteiger partial charge in [0.05, 0.1) is 18.3 Å². The number of nitrogen functional groups attached to an aromatic ring is 1. The van der Waals surface area contributed by atoms with Crippen LogP contribution in [0.25, 0.3) is 22.8 Å². The molecule has 1 aliphatic heterocycles. The van der Waals surface area contributed by atoms with E-state index >= 15 is 0 Å². The summed E-state index contributed by atoms with van der Waals surface area (Å²) in [7, 11) is 0. The first-order valence-electron chi connectivity index (χ1n) is 11.0. The minimum atomic E-state index is 0.0426. The molecule has 0 spiro atoms. The van der Waals surface area contributed by atoms with Gasteiger partial charge in [-0.3, -0.25) is 4.79 Å². The van der Waals surface area contributed by atoms with Gasteiger partial charge in [-0.2, -0.15) is 4.98 Å². The van der Waals surface area contributed by atoms with Crippen molar-refractivity contribution >= 4 is 11.6 Å². The van der Waals surface area contributed by atoms with Gasteiger partial charge in [-0.05, 0) is 56.0 Å².